The molecule has 15 heteroatoms. The summed E-state index contributed by atoms with van der Waals surface area (Å²) in [4.78, 5) is 52.3. The van der Waals surface area contributed by atoms with E-state index in [1.54, 1.807) is 30.5 Å². The molecule has 0 fully saturated rings. The smallest absolute Gasteiger partial charge is 0.490 e. The summed E-state index contributed by atoms with van der Waals surface area (Å²) in [6.07, 6.45) is -2.66. The van der Waals surface area contributed by atoms with Gasteiger partial charge in [0.1, 0.15) is 5.58 Å². The Morgan fingerprint density at radius 1 is 1.00 bits per heavy atom. The number of hydrogen-bond donors (Lipinski definition) is 4. The van der Waals surface area contributed by atoms with Gasteiger partial charge in [-0.15, -0.1) is 0 Å². The molecule has 0 radical (unpaired) electrons. The molecule has 1 aliphatic rings. The van der Waals surface area contributed by atoms with Crippen LogP contribution in [-0.4, -0.2) is 54.8 Å². The van der Waals surface area contributed by atoms with E-state index in [1.807, 2.05) is 6.07 Å². The average molecular weight is 615 g/mol. The molecule has 4 N–H and O–H groups in total. The Bertz CT molecular complexity index is 1790. The van der Waals surface area contributed by atoms with Crippen molar-refractivity contribution >= 4 is 40.1 Å². The van der Waals surface area contributed by atoms with Gasteiger partial charge >= 0.3 is 12.1 Å². The topological polar surface area (TPSA) is 169 Å². The first kappa shape index (κ1) is 31.5. The van der Waals surface area contributed by atoms with E-state index in [1.165, 1.54) is 26.4 Å². The molecule has 230 valence electrons. The number of fused-ring (bicyclic) bond motifs is 2. The summed E-state index contributed by atoms with van der Waals surface area (Å²) >= 11 is 0. The summed E-state index contributed by atoms with van der Waals surface area (Å²) in [7, 11) is 2.89. The maximum atomic E-state index is 13.3. The Labute approximate surface area is 246 Å². The molecule has 0 unspecified atom stereocenters. The van der Waals surface area contributed by atoms with Crippen LogP contribution in [0.2, 0.25) is 0 Å². The third-order valence-corrected chi connectivity index (χ3v) is 6.29. The monoisotopic (exact) mass is 614 g/mol. The van der Waals surface area contributed by atoms with Crippen molar-refractivity contribution in [2.75, 3.05) is 31.4 Å². The van der Waals surface area contributed by atoms with Crippen LogP contribution in [0.15, 0.2) is 63.9 Å². The molecule has 12 nitrogen and oxygen atoms in total. The zero-order valence-electron chi connectivity index (χ0n) is 23.2. The highest BCUT2D eigenvalue weighted by atomic mass is 19.4. The Kier molecular flexibility index (Phi) is 9.48. The summed E-state index contributed by atoms with van der Waals surface area (Å²) < 4.78 is 48.1. The summed E-state index contributed by atoms with van der Waals surface area (Å²) in [5.74, 6) is -3.55. The van der Waals surface area contributed by atoms with Crippen LogP contribution < -0.4 is 30.9 Å². The number of rotatable bonds is 6. The fourth-order valence-electron chi connectivity index (χ4n) is 4.18. The Hall–Kier alpha value is -5.44. The highest BCUT2D eigenvalue weighted by molar-refractivity contribution is 6.12. The van der Waals surface area contributed by atoms with Crippen molar-refractivity contribution in [3.8, 4) is 11.5 Å². The quantitative estimate of drug-likeness (QED) is 0.249. The van der Waals surface area contributed by atoms with E-state index in [0.717, 1.165) is 30.3 Å². The van der Waals surface area contributed by atoms with Crippen LogP contribution in [0.4, 0.5) is 24.5 Å². The molecular weight excluding hydrogens is 589 g/mol. The fraction of sp³-hybridized carbons (Fsp3) is 0.207. The van der Waals surface area contributed by atoms with Gasteiger partial charge in [-0.1, -0.05) is 12.1 Å². The van der Waals surface area contributed by atoms with Gasteiger partial charge in [-0.3, -0.25) is 19.4 Å². The van der Waals surface area contributed by atoms with Gasteiger partial charge in [0.25, 0.3) is 11.8 Å². The summed E-state index contributed by atoms with van der Waals surface area (Å²) in [5, 5.41) is 16.3. The van der Waals surface area contributed by atoms with Crippen LogP contribution in [0.3, 0.4) is 0 Å². The van der Waals surface area contributed by atoms with Gasteiger partial charge in [-0.2, -0.15) is 13.2 Å². The number of anilines is 2. The van der Waals surface area contributed by atoms with E-state index < -0.39 is 24.0 Å². The average Bonchev–Trinajstić information content (AvgIpc) is 3.00. The number of amides is 2. The number of aliphatic carboxylic acids is 1. The molecule has 0 bridgehead atoms. The molecule has 2 amide bonds. The summed E-state index contributed by atoms with van der Waals surface area (Å²) in [6.45, 7) is 1.53. The SMILES string of the molecule is COc1cc(NC(=O)c2cc(=O)c3ccccc3o2)c(C(=O)Nc2cnc3c(c2)CNCC3)cc1OC.O=C(O)C(F)(F)F. The van der Waals surface area contributed by atoms with Crippen molar-refractivity contribution in [2.45, 2.75) is 19.1 Å². The normalized spacial score (nSPS) is 12.3. The number of para-hydroxylation sites is 1. The van der Waals surface area contributed by atoms with E-state index in [2.05, 4.69) is 20.9 Å². The number of aromatic nitrogens is 1. The van der Waals surface area contributed by atoms with Gasteiger partial charge < -0.3 is 34.9 Å². The van der Waals surface area contributed by atoms with E-state index in [-0.39, 0.29) is 28.0 Å². The number of nitrogens with zero attached hydrogens (tertiary/aromatic N) is 1. The first-order valence-electron chi connectivity index (χ1n) is 12.8. The lowest BCUT2D eigenvalue weighted by Gasteiger charge is -2.18. The maximum Gasteiger partial charge on any atom is 0.490 e. The molecule has 2 aromatic carbocycles. The number of alkyl halides is 3. The largest absolute Gasteiger partial charge is 0.493 e. The third-order valence-electron chi connectivity index (χ3n) is 6.29. The number of carboxylic acid groups (broad SMARTS) is 1. The minimum absolute atomic E-state index is 0.116. The van der Waals surface area contributed by atoms with Crippen LogP contribution in [0.1, 0.15) is 32.2 Å². The van der Waals surface area contributed by atoms with Crippen LogP contribution >= 0.6 is 0 Å². The van der Waals surface area contributed by atoms with Gasteiger partial charge in [-0.05, 0) is 29.8 Å². The molecular formula is C29H25F3N4O8. The molecule has 0 aliphatic carbocycles. The predicted molar refractivity (Wildman–Crippen MR) is 151 cm³/mol. The van der Waals surface area contributed by atoms with E-state index in [9.17, 15) is 27.6 Å². The number of benzene rings is 2. The Morgan fingerprint density at radius 3 is 2.36 bits per heavy atom. The number of carbonyl (C=O) groups excluding carboxylic acids is 2. The van der Waals surface area contributed by atoms with Crippen molar-refractivity contribution < 1.29 is 46.6 Å². The first-order valence-corrected chi connectivity index (χ1v) is 12.8. The van der Waals surface area contributed by atoms with E-state index in [0.29, 0.717) is 29.1 Å². The number of carbonyl (C=O) groups is 3. The van der Waals surface area contributed by atoms with Gasteiger partial charge in [0.05, 0.1) is 42.7 Å². The second-order valence-electron chi connectivity index (χ2n) is 9.19. The van der Waals surface area contributed by atoms with Gasteiger partial charge in [0.15, 0.2) is 22.7 Å². The van der Waals surface area contributed by atoms with Crippen LogP contribution in [0, 0.1) is 0 Å². The van der Waals surface area contributed by atoms with E-state index in [4.69, 9.17) is 23.8 Å². The summed E-state index contributed by atoms with van der Waals surface area (Å²) in [6, 6.07) is 12.6. The van der Waals surface area contributed by atoms with Crippen LogP contribution in [0.5, 0.6) is 11.5 Å². The highest BCUT2D eigenvalue weighted by Gasteiger charge is 2.38. The second-order valence-corrected chi connectivity index (χ2v) is 9.19. The van der Waals surface area contributed by atoms with Crippen LogP contribution in [0.25, 0.3) is 11.0 Å². The van der Waals surface area contributed by atoms with Crippen molar-refractivity contribution in [2.24, 2.45) is 0 Å². The number of carboxylic acids is 1. The number of methoxy groups -OCH3 is 2. The molecule has 0 atom stereocenters. The van der Waals surface area contributed by atoms with Crippen molar-refractivity contribution in [3.63, 3.8) is 0 Å². The molecule has 4 aromatic rings. The Morgan fingerprint density at radius 2 is 1.68 bits per heavy atom. The van der Waals surface area contributed by atoms with Gasteiger partial charge in [0.2, 0.25) is 0 Å². The first-order chi connectivity index (χ1) is 20.9. The van der Waals surface area contributed by atoms with Gasteiger partial charge in [0, 0.05) is 37.3 Å². The minimum Gasteiger partial charge on any atom is -0.493 e. The number of nitrogens with one attached hydrogen (secondary N) is 3. The van der Waals surface area contributed by atoms with E-state index >= 15 is 0 Å². The van der Waals surface area contributed by atoms with Crippen molar-refractivity contribution in [3.05, 3.63) is 87.5 Å². The minimum atomic E-state index is -5.08. The maximum absolute atomic E-state index is 13.3. The fourth-order valence-corrected chi connectivity index (χ4v) is 4.18. The molecule has 0 saturated carbocycles. The number of pyridine rings is 1. The highest BCUT2D eigenvalue weighted by Crippen LogP contribution is 2.34. The lowest BCUT2D eigenvalue weighted by atomic mass is 10.1. The molecule has 0 spiro atoms. The van der Waals surface area contributed by atoms with Crippen molar-refractivity contribution in [1.82, 2.24) is 10.3 Å². The number of ether oxygens (including phenoxy) is 2. The number of hydrogen-bond acceptors (Lipinski definition) is 9. The molecule has 44 heavy (non-hydrogen) atoms. The second kappa shape index (κ2) is 13.2. The zero-order valence-corrected chi connectivity index (χ0v) is 23.2. The molecule has 3 heterocycles. The number of halogens is 3. The van der Waals surface area contributed by atoms with Crippen molar-refractivity contribution in [1.29, 1.82) is 0 Å². The lowest BCUT2D eigenvalue weighted by Crippen LogP contribution is -2.25. The van der Waals surface area contributed by atoms with Crippen LogP contribution in [-0.2, 0) is 17.8 Å². The zero-order chi connectivity index (χ0) is 32.0. The Balaban J connectivity index is 0.000000566. The molecule has 1 aliphatic heterocycles. The predicted octanol–water partition coefficient (Wildman–Crippen LogP) is 3.99. The molecule has 0 saturated heterocycles. The lowest BCUT2D eigenvalue weighted by molar-refractivity contribution is -0.192. The van der Waals surface area contributed by atoms with Gasteiger partial charge in [-0.25, -0.2) is 4.79 Å². The molecule has 2 aromatic heterocycles. The molecule has 5 rings (SSSR count). The standard InChI is InChI=1S/C27H24N4O6.C2HF3O2/c1-35-23-10-18(26(33)30-16-9-15-13-28-8-7-19(15)29-14-16)20(11-24(23)36-2)31-27(34)25-12-21(32)17-5-3-4-6-22(17)37-25;3-2(4,5)1(6)7/h3-6,9-12,14,28H,7-8,13H2,1-2H3,(H,30,33)(H,31,34);(H,6,7). The third kappa shape index (κ3) is 7.30. The summed E-state index contributed by atoms with van der Waals surface area (Å²) in [5.41, 5.74) is 2.70.